The first-order valence-electron chi connectivity index (χ1n) is 11.1. The van der Waals surface area contributed by atoms with Crippen molar-refractivity contribution in [3.05, 3.63) is 99.6 Å². The molecule has 3 aromatic carbocycles. The molecular weight excluding hydrogens is 498 g/mol. The molecule has 0 aromatic heterocycles. The number of carbonyl (C=O) groups is 5. The molecule has 2 heterocycles. The van der Waals surface area contributed by atoms with Crippen LogP contribution in [0.1, 0.15) is 31.8 Å². The average molecular weight is 516 g/mol. The summed E-state index contributed by atoms with van der Waals surface area (Å²) in [6.07, 6.45) is 1.33. The first kappa shape index (κ1) is 24.0. The zero-order valence-electron chi connectivity index (χ0n) is 19.4. The summed E-state index contributed by atoms with van der Waals surface area (Å²) in [5.74, 6) is -2.10. The van der Waals surface area contributed by atoms with Crippen molar-refractivity contribution in [3.63, 3.8) is 0 Å². The molecule has 0 saturated carbocycles. The molecule has 1 fully saturated rings. The summed E-state index contributed by atoms with van der Waals surface area (Å²) < 4.78 is 5.41. The van der Waals surface area contributed by atoms with Crippen molar-refractivity contribution in [2.75, 3.05) is 12.0 Å². The largest absolute Gasteiger partial charge is 0.496 e. The van der Waals surface area contributed by atoms with E-state index in [-0.39, 0.29) is 17.8 Å². The van der Waals surface area contributed by atoms with Crippen LogP contribution in [0.4, 0.5) is 10.5 Å². The Kier molecular flexibility index (Phi) is 6.06. The zero-order valence-corrected chi connectivity index (χ0v) is 20.1. The van der Waals surface area contributed by atoms with E-state index in [1.807, 2.05) is 0 Å². The van der Waals surface area contributed by atoms with Crippen LogP contribution in [0.15, 0.2) is 72.3 Å². The summed E-state index contributed by atoms with van der Waals surface area (Å²) in [5.41, 5.74) is 1.53. The van der Waals surface area contributed by atoms with E-state index in [2.05, 4.69) is 5.32 Å². The predicted molar refractivity (Wildman–Crippen MR) is 134 cm³/mol. The number of rotatable bonds is 5. The van der Waals surface area contributed by atoms with Crippen molar-refractivity contribution >= 4 is 53.0 Å². The van der Waals surface area contributed by atoms with Crippen molar-refractivity contribution in [1.29, 1.82) is 0 Å². The number of fused-ring (bicyclic) bond motifs is 1. The van der Waals surface area contributed by atoms with E-state index in [1.54, 1.807) is 42.5 Å². The summed E-state index contributed by atoms with van der Waals surface area (Å²) in [6, 6.07) is 16.5. The molecule has 37 heavy (non-hydrogen) atoms. The van der Waals surface area contributed by atoms with Gasteiger partial charge in [-0.2, -0.15) is 0 Å². The minimum atomic E-state index is -0.879. The molecule has 3 aromatic rings. The van der Waals surface area contributed by atoms with Crippen LogP contribution in [-0.4, -0.2) is 41.7 Å². The summed E-state index contributed by atoms with van der Waals surface area (Å²) in [4.78, 5) is 65.7. The number of imide groups is 3. The number of carbonyl (C=O) groups excluding carboxylic acids is 5. The Morgan fingerprint density at radius 3 is 2.14 bits per heavy atom. The second-order valence-corrected chi connectivity index (χ2v) is 8.68. The second-order valence-electron chi connectivity index (χ2n) is 8.25. The summed E-state index contributed by atoms with van der Waals surface area (Å²) in [7, 11) is 1.45. The molecule has 5 rings (SSSR count). The van der Waals surface area contributed by atoms with Gasteiger partial charge in [0.1, 0.15) is 11.3 Å². The molecule has 10 heteroatoms. The minimum absolute atomic E-state index is 0.0813. The Morgan fingerprint density at radius 1 is 0.865 bits per heavy atom. The first-order chi connectivity index (χ1) is 17.8. The second kappa shape index (κ2) is 9.36. The van der Waals surface area contributed by atoms with Crippen LogP contribution in [0.3, 0.4) is 0 Å². The Balaban J connectivity index is 1.47. The quantitative estimate of drug-likeness (QED) is 0.314. The monoisotopic (exact) mass is 515 g/mol. The molecule has 2 aliphatic heterocycles. The van der Waals surface area contributed by atoms with Gasteiger partial charge < -0.3 is 4.74 Å². The third-order valence-electron chi connectivity index (χ3n) is 6.01. The number of nitrogens with one attached hydrogen (secondary N) is 1. The lowest BCUT2D eigenvalue weighted by molar-refractivity contribution is -0.122. The molecular formula is C27H18ClN3O6. The lowest BCUT2D eigenvalue weighted by Crippen LogP contribution is -2.54. The highest BCUT2D eigenvalue weighted by Crippen LogP contribution is 2.29. The maximum atomic E-state index is 13.2. The Hall–Kier alpha value is -4.76. The van der Waals surface area contributed by atoms with Crippen molar-refractivity contribution in [2.45, 2.75) is 6.54 Å². The summed E-state index contributed by atoms with van der Waals surface area (Å²) in [6.45, 7) is -0.0813. The van der Waals surface area contributed by atoms with Gasteiger partial charge in [-0.05, 0) is 60.2 Å². The fraction of sp³-hybridized carbons (Fsp3) is 0.0741. The SMILES string of the molecule is COc1ccc(C=C2C(=O)NC(=O)N(c3ccc(Cl)cc3)C2=O)cc1CN1C(=O)c2ccccc2C1=O. The number of benzene rings is 3. The van der Waals surface area contributed by atoms with E-state index >= 15 is 0 Å². The van der Waals surface area contributed by atoms with E-state index < -0.39 is 29.7 Å². The van der Waals surface area contributed by atoms with Crippen LogP contribution >= 0.6 is 11.6 Å². The molecule has 1 N–H and O–H groups in total. The lowest BCUT2D eigenvalue weighted by Gasteiger charge is -2.26. The van der Waals surface area contributed by atoms with E-state index in [1.165, 1.54) is 37.5 Å². The van der Waals surface area contributed by atoms with E-state index in [9.17, 15) is 24.0 Å². The number of urea groups is 1. The lowest BCUT2D eigenvalue weighted by atomic mass is 10.0. The number of hydrogen-bond acceptors (Lipinski definition) is 6. The Labute approximate surface area is 215 Å². The molecule has 184 valence electrons. The fourth-order valence-electron chi connectivity index (χ4n) is 4.21. The molecule has 6 amide bonds. The van der Waals surface area contributed by atoms with Gasteiger partial charge in [-0.1, -0.05) is 29.8 Å². The van der Waals surface area contributed by atoms with Crippen LogP contribution < -0.4 is 15.0 Å². The fourth-order valence-corrected chi connectivity index (χ4v) is 4.34. The first-order valence-corrected chi connectivity index (χ1v) is 11.5. The molecule has 0 bridgehead atoms. The van der Waals surface area contributed by atoms with E-state index in [4.69, 9.17) is 16.3 Å². The van der Waals surface area contributed by atoms with Gasteiger partial charge >= 0.3 is 6.03 Å². The number of barbiturate groups is 1. The van der Waals surface area contributed by atoms with Gasteiger partial charge in [-0.15, -0.1) is 0 Å². The van der Waals surface area contributed by atoms with Crippen LogP contribution in [-0.2, 0) is 16.1 Å². The topological polar surface area (TPSA) is 113 Å². The van der Waals surface area contributed by atoms with Gasteiger partial charge in [-0.25, -0.2) is 9.69 Å². The number of amides is 6. The van der Waals surface area contributed by atoms with Crippen LogP contribution in [0.25, 0.3) is 6.08 Å². The average Bonchev–Trinajstić information content (AvgIpc) is 3.12. The maximum Gasteiger partial charge on any atom is 0.335 e. The van der Waals surface area contributed by atoms with E-state index in [0.29, 0.717) is 33.0 Å². The molecule has 0 unspecified atom stereocenters. The van der Waals surface area contributed by atoms with Gasteiger partial charge in [0, 0.05) is 10.6 Å². The molecule has 0 spiro atoms. The highest BCUT2D eigenvalue weighted by Gasteiger charge is 2.37. The highest BCUT2D eigenvalue weighted by molar-refractivity contribution is 6.39. The van der Waals surface area contributed by atoms with E-state index in [0.717, 1.165) is 9.80 Å². The number of nitrogens with zero attached hydrogens (tertiary/aromatic N) is 2. The van der Waals surface area contributed by atoms with Crippen molar-refractivity contribution in [1.82, 2.24) is 10.2 Å². The standard InChI is InChI=1S/C27H18ClN3O6/c1-37-22-11-6-15(12-16(22)14-30-24(33)19-4-2-3-5-20(19)25(30)34)13-21-23(32)29-27(36)31(26(21)35)18-9-7-17(28)8-10-18/h2-13H,14H2,1H3,(H,29,32,36). The van der Waals surface area contributed by atoms with Crippen molar-refractivity contribution in [2.24, 2.45) is 0 Å². The van der Waals surface area contributed by atoms with Crippen LogP contribution in [0, 0.1) is 0 Å². The zero-order chi connectivity index (χ0) is 26.3. The van der Waals surface area contributed by atoms with Crippen LogP contribution in [0.5, 0.6) is 5.75 Å². The number of hydrogen-bond donors (Lipinski definition) is 1. The Morgan fingerprint density at radius 2 is 1.51 bits per heavy atom. The molecule has 1 saturated heterocycles. The van der Waals surface area contributed by atoms with Gasteiger partial charge in [0.25, 0.3) is 23.6 Å². The number of anilines is 1. The van der Waals surface area contributed by atoms with Gasteiger partial charge in [0.15, 0.2) is 0 Å². The Bertz CT molecular complexity index is 1490. The minimum Gasteiger partial charge on any atom is -0.496 e. The third-order valence-corrected chi connectivity index (χ3v) is 6.26. The van der Waals surface area contributed by atoms with Crippen molar-refractivity contribution < 1.29 is 28.7 Å². The van der Waals surface area contributed by atoms with Crippen molar-refractivity contribution in [3.8, 4) is 5.75 Å². The highest BCUT2D eigenvalue weighted by atomic mass is 35.5. The molecule has 0 aliphatic carbocycles. The summed E-state index contributed by atoms with van der Waals surface area (Å²) >= 11 is 5.90. The molecule has 0 radical (unpaired) electrons. The molecule has 2 aliphatic rings. The van der Waals surface area contributed by atoms with Crippen LogP contribution in [0.2, 0.25) is 5.02 Å². The molecule has 9 nitrogen and oxygen atoms in total. The number of halogens is 1. The maximum absolute atomic E-state index is 13.2. The summed E-state index contributed by atoms with van der Waals surface area (Å²) in [5, 5.41) is 2.59. The van der Waals surface area contributed by atoms with Gasteiger partial charge in [0.05, 0.1) is 30.5 Å². The third kappa shape index (κ3) is 4.25. The molecule has 0 atom stereocenters. The smallest absolute Gasteiger partial charge is 0.335 e. The predicted octanol–water partition coefficient (Wildman–Crippen LogP) is 3.81. The normalized spacial score (nSPS) is 16.4. The number of methoxy groups -OCH3 is 1. The number of ether oxygens (including phenoxy) is 1. The van der Waals surface area contributed by atoms with Gasteiger partial charge in [0.2, 0.25) is 0 Å². The van der Waals surface area contributed by atoms with Gasteiger partial charge in [-0.3, -0.25) is 29.4 Å².